The molecule has 4 heteroatoms. The zero-order valence-corrected chi connectivity index (χ0v) is 15.5. The zero-order valence-electron chi connectivity index (χ0n) is 14.7. The van der Waals surface area contributed by atoms with Crippen LogP contribution in [0.2, 0.25) is 0 Å². The molecule has 0 fully saturated rings. The third kappa shape index (κ3) is 5.05. The fraction of sp³-hybridized carbons (Fsp3) is 0.300. The van der Waals surface area contributed by atoms with Gasteiger partial charge in [-0.15, -0.1) is 0 Å². The van der Waals surface area contributed by atoms with Gasteiger partial charge in [-0.1, -0.05) is 81.0 Å². The number of benzene rings is 2. The van der Waals surface area contributed by atoms with E-state index in [-0.39, 0.29) is 16.4 Å². The first kappa shape index (κ1) is 18.4. The Bertz CT molecular complexity index is 786. The van der Waals surface area contributed by atoms with E-state index in [1.54, 1.807) is 24.3 Å². The van der Waals surface area contributed by atoms with Crippen LogP contribution in [0.4, 0.5) is 0 Å². The molecule has 0 saturated heterocycles. The van der Waals surface area contributed by atoms with Crippen molar-refractivity contribution in [3.05, 3.63) is 71.8 Å². The highest BCUT2D eigenvalue weighted by atomic mass is 32.2. The van der Waals surface area contributed by atoms with Crippen LogP contribution in [0.3, 0.4) is 0 Å². The minimum Gasteiger partial charge on any atom is -0.207 e. The van der Waals surface area contributed by atoms with E-state index in [4.69, 9.17) is 0 Å². The maximum atomic E-state index is 12.7. The molecule has 0 amide bonds. The highest BCUT2D eigenvalue weighted by Gasteiger charge is 2.27. The molecule has 0 radical (unpaired) electrons. The zero-order chi connectivity index (χ0) is 17.8. The molecule has 24 heavy (non-hydrogen) atoms. The Hall–Kier alpha value is -1.91. The highest BCUT2D eigenvalue weighted by Crippen LogP contribution is 2.23. The quantitative estimate of drug-likeness (QED) is 0.874. The molecule has 0 aliphatic carbocycles. The third-order valence-corrected chi connectivity index (χ3v) is 5.28. The molecule has 3 nitrogen and oxygen atoms in total. The third-order valence-electron chi connectivity index (χ3n) is 3.83. The molecule has 0 spiro atoms. The summed E-state index contributed by atoms with van der Waals surface area (Å²) in [6.45, 7) is 7.99. The normalized spacial score (nSPS) is 14.0. The Kier molecular flexibility index (Phi) is 5.62. The second kappa shape index (κ2) is 7.32. The van der Waals surface area contributed by atoms with Crippen molar-refractivity contribution in [2.75, 3.05) is 0 Å². The molecule has 2 aromatic rings. The van der Waals surface area contributed by atoms with Crippen molar-refractivity contribution in [2.45, 2.75) is 38.6 Å². The SMILES string of the molecule is Cc1ccc(S(=O)(=O)N[C@H](/C=C/c2ccccc2)C(C)(C)C)cc1. The van der Waals surface area contributed by atoms with Crippen LogP contribution >= 0.6 is 0 Å². The minimum atomic E-state index is -3.57. The van der Waals surface area contributed by atoms with Gasteiger partial charge in [-0.05, 0) is 30.0 Å². The van der Waals surface area contributed by atoms with Gasteiger partial charge in [-0.3, -0.25) is 0 Å². The summed E-state index contributed by atoms with van der Waals surface area (Å²) in [6.07, 6.45) is 3.87. The molecular weight excluding hydrogens is 318 g/mol. The van der Waals surface area contributed by atoms with Crippen LogP contribution < -0.4 is 4.72 Å². The summed E-state index contributed by atoms with van der Waals surface area (Å²) in [6, 6.07) is 16.4. The van der Waals surface area contributed by atoms with E-state index in [1.807, 2.05) is 70.2 Å². The summed E-state index contributed by atoms with van der Waals surface area (Å²) in [5.74, 6) is 0. The smallest absolute Gasteiger partial charge is 0.207 e. The van der Waals surface area contributed by atoms with E-state index in [0.29, 0.717) is 0 Å². The predicted octanol–water partition coefficient (Wildman–Crippen LogP) is 4.40. The van der Waals surface area contributed by atoms with Crippen LogP contribution in [0.15, 0.2) is 65.6 Å². The fourth-order valence-electron chi connectivity index (χ4n) is 2.23. The van der Waals surface area contributed by atoms with Crippen LogP contribution in [-0.2, 0) is 10.0 Å². The number of rotatable bonds is 5. The monoisotopic (exact) mass is 343 g/mol. The van der Waals surface area contributed by atoms with Crippen LogP contribution in [0.5, 0.6) is 0 Å². The van der Waals surface area contributed by atoms with E-state index in [9.17, 15) is 8.42 Å². The minimum absolute atomic E-state index is 0.247. The first-order valence-electron chi connectivity index (χ1n) is 8.01. The number of hydrogen-bond acceptors (Lipinski definition) is 2. The number of hydrogen-bond donors (Lipinski definition) is 1. The molecule has 2 rings (SSSR count). The molecule has 0 aliphatic heterocycles. The Labute approximate surface area is 145 Å². The number of aryl methyl sites for hydroxylation is 1. The van der Waals surface area contributed by atoms with Crippen LogP contribution in [0, 0.1) is 12.3 Å². The summed E-state index contributed by atoms with van der Waals surface area (Å²) in [4.78, 5) is 0.287. The lowest BCUT2D eigenvalue weighted by molar-refractivity contribution is 0.345. The molecule has 0 bridgehead atoms. The van der Waals surface area contributed by atoms with E-state index in [1.165, 1.54) is 0 Å². The lowest BCUT2D eigenvalue weighted by Crippen LogP contribution is -2.42. The van der Waals surface area contributed by atoms with Crippen molar-refractivity contribution in [3.63, 3.8) is 0 Å². The van der Waals surface area contributed by atoms with Crippen LogP contribution in [-0.4, -0.2) is 14.5 Å². The molecule has 1 N–H and O–H groups in total. The van der Waals surface area contributed by atoms with Gasteiger partial charge in [0.2, 0.25) is 10.0 Å². The Morgan fingerprint density at radius 3 is 2.08 bits per heavy atom. The van der Waals surface area contributed by atoms with Crippen molar-refractivity contribution in [1.82, 2.24) is 4.72 Å². The van der Waals surface area contributed by atoms with Gasteiger partial charge >= 0.3 is 0 Å². The number of nitrogens with one attached hydrogen (secondary N) is 1. The summed E-state index contributed by atoms with van der Waals surface area (Å²) in [7, 11) is -3.57. The second-order valence-electron chi connectivity index (χ2n) is 7.05. The molecular formula is C20H25NO2S. The Balaban J connectivity index is 2.26. The maximum absolute atomic E-state index is 12.7. The average molecular weight is 343 g/mol. The van der Waals surface area contributed by atoms with Crippen molar-refractivity contribution >= 4 is 16.1 Å². The van der Waals surface area contributed by atoms with Gasteiger partial charge in [0.1, 0.15) is 0 Å². The van der Waals surface area contributed by atoms with Gasteiger partial charge < -0.3 is 0 Å². The van der Waals surface area contributed by atoms with E-state index >= 15 is 0 Å². The van der Waals surface area contributed by atoms with Crippen LogP contribution in [0.25, 0.3) is 6.08 Å². The molecule has 2 aromatic carbocycles. The maximum Gasteiger partial charge on any atom is 0.241 e. The first-order chi connectivity index (χ1) is 11.2. The Morgan fingerprint density at radius 1 is 0.958 bits per heavy atom. The summed E-state index contributed by atoms with van der Waals surface area (Å²) in [5, 5.41) is 0. The van der Waals surface area contributed by atoms with E-state index < -0.39 is 10.0 Å². The van der Waals surface area contributed by atoms with Gasteiger partial charge in [0.25, 0.3) is 0 Å². The van der Waals surface area contributed by atoms with E-state index in [0.717, 1.165) is 11.1 Å². The number of sulfonamides is 1. The highest BCUT2D eigenvalue weighted by molar-refractivity contribution is 7.89. The van der Waals surface area contributed by atoms with Gasteiger partial charge in [-0.25, -0.2) is 13.1 Å². The molecule has 0 heterocycles. The average Bonchev–Trinajstić information content (AvgIpc) is 2.52. The van der Waals surface area contributed by atoms with Gasteiger partial charge in [-0.2, -0.15) is 0 Å². The molecule has 1 atom stereocenters. The molecule has 0 aliphatic rings. The second-order valence-corrected chi connectivity index (χ2v) is 8.76. The van der Waals surface area contributed by atoms with Gasteiger partial charge in [0.05, 0.1) is 4.90 Å². The fourth-order valence-corrected chi connectivity index (χ4v) is 3.63. The van der Waals surface area contributed by atoms with Crippen molar-refractivity contribution in [2.24, 2.45) is 5.41 Å². The predicted molar refractivity (Wildman–Crippen MR) is 100 cm³/mol. The van der Waals surface area contributed by atoms with Crippen LogP contribution in [0.1, 0.15) is 31.9 Å². The summed E-state index contributed by atoms with van der Waals surface area (Å²) < 4.78 is 28.2. The van der Waals surface area contributed by atoms with Crippen molar-refractivity contribution in [1.29, 1.82) is 0 Å². The van der Waals surface area contributed by atoms with Gasteiger partial charge in [0, 0.05) is 6.04 Å². The largest absolute Gasteiger partial charge is 0.241 e. The summed E-state index contributed by atoms with van der Waals surface area (Å²) >= 11 is 0. The Morgan fingerprint density at radius 2 is 1.54 bits per heavy atom. The molecule has 0 saturated carbocycles. The van der Waals surface area contributed by atoms with Crippen molar-refractivity contribution < 1.29 is 8.42 Å². The molecule has 0 unspecified atom stereocenters. The molecule has 128 valence electrons. The van der Waals surface area contributed by atoms with Gasteiger partial charge in [0.15, 0.2) is 0 Å². The topological polar surface area (TPSA) is 46.2 Å². The first-order valence-corrected chi connectivity index (χ1v) is 9.49. The molecule has 0 aromatic heterocycles. The lowest BCUT2D eigenvalue weighted by Gasteiger charge is -2.29. The summed E-state index contributed by atoms with van der Waals surface area (Å²) in [5.41, 5.74) is 1.83. The standard InChI is InChI=1S/C20H25NO2S/c1-16-10-13-18(14-11-16)24(22,23)21-19(20(2,3)4)15-12-17-8-6-5-7-9-17/h5-15,19,21H,1-4H3/b15-12+/t19-/m1/s1. The lowest BCUT2D eigenvalue weighted by atomic mass is 9.87. The van der Waals surface area contributed by atoms with Crippen molar-refractivity contribution in [3.8, 4) is 0 Å². The van der Waals surface area contributed by atoms with E-state index in [2.05, 4.69) is 4.72 Å².